The van der Waals surface area contributed by atoms with E-state index in [9.17, 15) is 24.0 Å². The summed E-state index contributed by atoms with van der Waals surface area (Å²) in [6.45, 7) is 4.89. The van der Waals surface area contributed by atoms with Crippen LogP contribution in [0.15, 0.2) is 42.5 Å². The van der Waals surface area contributed by atoms with Crippen LogP contribution in [0.2, 0.25) is 0 Å². The first kappa shape index (κ1) is 32.7. The number of ether oxygens (including phenoxy) is 2. The third kappa shape index (κ3) is 5.78. The minimum Gasteiger partial charge on any atom is -0.423 e. The summed E-state index contributed by atoms with van der Waals surface area (Å²) in [5.74, 6) is -3.44. The van der Waals surface area contributed by atoms with E-state index in [4.69, 9.17) is 9.47 Å². The van der Waals surface area contributed by atoms with Gasteiger partial charge in [-0.3, -0.25) is 24.1 Å². The number of likely N-dealkylation sites (tertiary alicyclic amines) is 1. The van der Waals surface area contributed by atoms with Gasteiger partial charge in [0.1, 0.15) is 5.75 Å². The van der Waals surface area contributed by atoms with Crippen LogP contribution in [0.25, 0.3) is 0 Å². The number of carbonyl (C=O) groups excluding carboxylic acids is 5. The molecule has 2 saturated heterocycles. The Kier molecular flexibility index (Phi) is 9.00. The molecule has 9 nitrogen and oxygen atoms in total. The third-order valence-corrected chi connectivity index (χ3v) is 11.8. The maximum Gasteiger partial charge on any atom is 0.343 e. The molecule has 254 valence electrons. The van der Waals surface area contributed by atoms with Crippen molar-refractivity contribution < 1.29 is 33.4 Å². The number of amides is 4. The number of unbranched alkanes of at least 4 members (excludes halogenated alkanes) is 3. The van der Waals surface area contributed by atoms with Crippen LogP contribution in [0.4, 0.5) is 5.69 Å². The van der Waals surface area contributed by atoms with Gasteiger partial charge in [-0.25, -0.2) is 9.69 Å². The van der Waals surface area contributed by atoms with Crippen molar-refractivity contribution in [3.05, 3.63) is 59.2 Å². The molecule has 0 radical (unpaired) electrons. The highest BCUT2D eigenvalue weighted by atomic mass is 16.5. The van der Waals surface area contributed by atoms with E-state index in [1.165, 1.54) is 41.7 Å². The number of nitrogens with zero attached hydrogens (tertiary/aromatic N) is 2. The first-order valence-electron chi connectivity index (χ1n) is 17.9. The first-order chi connectivity index (χ1) is 23.2. The predicted molar refractivity (Wildman–Crippen MR) is 178 cm³/mol. The third-order valence-electron chi connectivity index (χ3n) is 11.8. The van der Waals surface area contributed by atoms with E-state index < -0.39 is 29.6 Å². The predicted octanol–water partition coefficient (Wildman–Crippen LogP) is 6.21. The maximum absolute atomic E-state index is 13.9. The number of hydrogen-bond donors (Lipinski definition) is 0. The van der Waals surface area contributed by atoms with Crippen molar-refractivity contribution in [1.82, 2.24) is 4.90 Å². The van der Waals surface area contributed by atoms with Crippen molar-refractivity contribution in [3.63, 3.8) is 0 Å². The van der Waals surface area contributed by atoms with Crippen LogP contribution in [0.3, 0.4) is 0 Å². The molecule has 5 aliphatic rings. The molecule has 4 amide bonds. The number of benzene rings is 2. The minimum absolute atomic E-state index is 0.244. The fraction of sp³-hybridized carbons (Fsp3) is 0.564. The van der Waals surface area contributed by atoms with E-state index in [-0.39, 0.29) is 41.2 Å². The Balaban J connectivity index is 1.000. The summed E-state index contributed by atoms with van der Waals surface area (Å²) < 4.78 is 11.9. The van der Waals surface area contributed by atoms with Gasteiger partial charge < -0.3 is 9.47 Å². The number of piperidine rings is 2. The number of imide groups is 2. The first-order valence-corrected chi connectivity index (χ1v) is 17.9. The molecule has 2 heterocycles. The minimum atomic E-state index is -0.516. The van der Waals surface area contributed by atoms with Crippen LogP contribution in [-0.2, 0) is 23.9 Å². The molecule has 7 rings (SSSR count). The summed E-state index contributed by atoms with van der Waals surface area (Å²) in [6, 6.07) is 12.6. The van der Waals surface area contributed by atoms with Crippen LogP contribution >= 0.6 is 0 Å². The molecule has 2 aliphatic heterocycles. The highest BCUT2D eigenvalue weighted by Gasteiger charge is 2.68. The molecule has 9 heteroatoms. The zero-order valence-corrected chi connectivity index (χ0v) is 28.2. The Hall–Kier alpha value is -3.85. The lowest BCUT2D eigenvalue weighted by molar-refractivity contribution is -0.152. The summed E-state index contributed by atoms with van der Waals surface area (Å²) >= 11 is 0. The Morgan fingerprint density at radius 1 is 0.771 bits per heavy atom. The van der Waals surface area contributed by atoms with Crippen molar-refractivity contribution in [1.29, 1.82) is 0 Å². The molecule has 6 unspecified atom stereocenters. The van der Waals surface area contributed by atoms with Crippen LogP contribution in [0.1, 0.15) is 98.5 Å². The highest BCUT2D eigenvalue weighted by molar-refractivity contribution is 6.19. The van der Waals surface area contributed by atoms with Gasteiger partial charge in [-0.1, -0.05) is 38.3 Å². The molecule has 0 spiro atoms. The molecule has 2 aromatic rings. The summed E-state index contributed by atoms with van der Waals surface area (Å²) in [5.41, 5.74) is 2.71. The van der Waals surface area contributed by atoms with Crippen LogP contribution in [0.5, 0.6) is 5.75 Å². The van der Waals surface area contributed by atoms with Gasteiger partial charge in [0, 0.05) is 43.4 Å². The largest absolute Gasteiger partial charge is 0.423 e. The standard InChI is InChI=1S/C39H46N2O7/c1-4-5-6-7-16-47-27-14-12-24(13-15-27)23-8-10-25(11-9-23)39(46)48-28-18-22(2)17-26(19-28)41-37(44)31-21-32(38(41)45)34-30-20-29(33(31)34)35(42)40(3)36(30)43/h8-11,17-19,24,27,29-34H,4-7,12-16,20-21H2,1-3H3. The molecule has 48 heavy (non-hydrogen) atoms. The molecule has 4 bridgehead atoms. The summed E-state index contributed by atoms with van der Waals surface area (Å²) in [5, 5.41) is 0. The van der Waals surface area contributed by atoms with Crippen LogP contribution in [-0.4, -0.2) is 54.3 Å². The Morgan fingerprint density at radius 2 is 1.38 bits per heavy atom. The molecular formula is C39H46N2O7. The fourth-order valence-corrected chi connectivity index (χ4v) is 9.49. The van der Waals surface area contributed by atoms with Gasteiger partial charge in [0.25, 0.3) is 0 Å². The van der Waals surface area contributed by atoms with E-state index in [1.54, 1.807) is 30.3 Å². The second-order valence-corrected chi connectivity index (χ2v) is 14.7. The molecule has 3 saturated carbocycles. The number of hydrogen-bond acceptors (Lipinski definition) is 7. The molecular weight excluding hydrogens is 608 g/mol. The van der Waals surface area contributed by atoms with Crippen LogP contribution in [0, 0.1) is 42.4 Å². The lowest BCUT2D eigenvalue weighted by Gasteiger charge is -2.35. The molecule has 0 N–H and O–H groups in total. The van der Waals surface area contributed by atoms with Crippen LogP contribution < -0.4 is 9.64 Å². The number of carbonyl (C=O) groups is 5. The number of fused-ring (bicyclic) bond motifs is 9. The number of rotatable bonds is 10. The molecule has 0 aromatic heterocycles. The number of aryl methyl sites for hydroxylation is 1. The summed E-state index contributed by atoms with van der Waals surface area (Å²) in [7, 11) is 1.50. The second-order valence-electron chi connectivity index (χ2n) is 14.7. The number of esters is 1. The smallest absolute Gasteiger partial charge is 0.343 e. The maximum atomic E-state index is 13.9. The fourth-order valence-electron chi connectivity index (χ4n) is 9.49. The highest BCUT2D eigenvalue weighted by Crippen LogP contribution is 2.61. The van der Waals surface area contributed by atoms with Crippen molar-refractivity contribution >= 4 is 35.3 Å². The van der Waals surface area contributed by atoms with Gasteiger partial charge in [-0.15, -0.1) is 0 Å². The van der Waals surface area contributed by atoms with Crippen molar-refractivity contribution in [2.45, 2.75) is 90.1 Å². The SMILES string of the molecule is CCCCCCOC1CCC(c2ccc(C(=O)Oc3cc(C)cc(N4C(=O)C5CC(C4=O)C4C6CC(C(=O)N(C)C6=O)C54)c3)cc2)CC1. The van der Waals surface area contributed by atoms with Gasteiger partial charge in [-0.05, 0) is 105 Å². The zero-order chi connectivity index (χ0) is 33.7. The van der Waals surface area contributed by atoms with Crippen molar-refractivity contribution in [3.8, 4) is 5.75 Å². The Morgan fingerprint density at radius 3 is 1.98 bits per heavy atom. The quantitative estimate of drug-likeness (QED) is 0.0985. The molecule has 2 aromatic carbocycles. The van der Waals surface area contributed by atoms with Gasteiger partial charge in [-0.2, -0.15) is 0 Å². The summed E-state index contributed by atoms with van der Waals surface area (Å²) in [4.78, 5) is 69.4. The monoisotopic (exact) mass is 654 g/mol. The lowest BCUT2D eigenvalue weighted by Crippen LogP contribution is -2.51. The van der Waals surface area contributed by atoms with E-state index in [2.05, 4.69) is 6.92 Å². The topological polar surface area (TPSA) is 110 Å². The molecule has 5 fully saturated rings. The van der Waals surface area contributed by atoms with E-state index in [1.807, 2.05) is 19.1 Å². The average molecular weight is 655 g/mol. The van der Waals surface area contributed by atoms with Crippen molar-refractivity contribution in [2.24, 2.45) is 35.5 Å². The van der Waals surface area contributed by atoms with Gasteiger partial charge >= 0.3 is 5.97 Å². The van der Waals surface area contributed by atoms with E-state index in [0.717, 1.165) is 44.3 Å². The van der Waals surface area contributed by atoms with Gasteiger partial charge in [0.05, 0.1) is 17.4 Å². The Labute approximate surface area is 282 Å². The van der Waals surface area contributed by atoms with Gasteiger partial charge in [0.15, 0.2) is 0 Å². The molecule has 6 atom stereocenters. The second kappa shape index (κ2) is 13.2. The van der Waals surface area contributed by atoms with Crippen molar-refractivity contribution in [2.75, 3.05) is 18.6 Å². The number of anilines is 1. The molecule has 3 aliphatic carbocycles. The summed E-state index contributed by atoms with van der Waals surface area (Å²) in [6.07, 6.45) is 10.2. The normalized spacial score (nSPS) is 31.0. The van der Waals surface area contributed by atoms with Gasteiger partial charge in [0.2, 0.25) is 23.6 Å². The lowest BCUT2D eigenvalue weighted by atomic mass is 9.82. The zero-order valence-electron chi connectivity index (χ0n) is 28.2. The average Bonchev–Trinajstić information content (AvgIpc) is 3.62. The van der Waals surface area contributed by atoms with E-state index in [0.29, 0.717) is 36.1 Å². The van der Waals surface area contributed by atoms with E-state index >= 15 is 0 Å². The Bertz CT molecular complexity index is 1560.